The number of carbonyl (C=O) groups is 2. The molecule has 0 atom stereocenters. The number of nitrogens with one attached hydrogen (secondary N) is 4. The molecule has 4 N–H and O–H groups in total. The highest BCUT2D eigenvalue weighted by Gasteiger charge is 2.34. The van der Waals surface area contributed by atoms with Crippen molar-refractivity contribution in [2.45, 2.75) is 38.5 Å². The number of hydrogen-bond donors (Lipinski definition) is 4. The standard InChI is InChI=1S/C32H37FN8O3/c1-32(2)11-15-41(18-26(42)40-13-5-6-14-40)24-17-23(25(44-4)16-20(24)32)37-31-38-28-19(10-12-35-28)29(39-31)36-22-9-7-8-21(33)27(22)30(43)34-3/h7-10,12,16-17H,5-6,11,13-15,18H2,1-4H3,(H,34,43)(H3,35,36,37,38,39). The predicted molar refractivity (Wildman–Crippen MR) is 169 cm³/mol. The van der Waals surface area contributed by atoms with Crippen LogP contribution < -0.4 is 25.6 Å². The van der Waals surface area contributed by atoms with E-state index in [0.717, 1.165) is 50.1 Å². The third-order valence-electron chi connectivity index (χ3n) is 8.56. The highest BCUT2D eigenvalue weighted by molar-refractivity contribution is 6.01. The summed E-state index contributed by atoms with van der Waals surface area (Å²) in [6.07, 6.45) is 4.74. The van der Waals surface area contributed by atoms with Crippen molar-refractivity contribution in [2.24, 2.45) is 0 Å². The van der Waals surface area contributed by atoms with Gasteiger partial charge in [0.15, 0.2) is 0 Å². The molecule has 2 aliphatic heterocycles. The van der Waals surface area contributed by atoms with Crippen LogP contribution in [-0.2, 0) is 10.2 Å². The van der Waals surface area contributed by atoms with E-state index in [1.165, 1.54) is 19.2 Å². The average molecular weight is 601 g/mol. The molecule has 4 aromatic rings. The van der Waals surface area contributed by atoms with Crippen LogP contribution in [0.15, 0.2) is 42.6 Å². The maximum Gasteiger partial charge on any atom is 0.256 e. The van der Waals surface area contributed by atoms with E-state index in [1.54, 1.807) is 25.4 Å². The van der Waals surface area contributed by atoms with E-state index in [1.807, 2.05) is 17.0 Å². The van der Waals surface area contributed by atoms with E-state index < -0.39 is 11.7 Å². The lowest BCUT2D eigenvalue weighted by molar-refractivity contribution is -0.128. The number of anilines is 5. The molecular formula is C32H37FN8O3. The summed E-state index contributed by atoms with van der Waals surface area (Å²) in [4.78, 5) is 42.2. The molecule has 2 aromatic carbocycles. The molecule has 44 heavy (non-hydrogen) atoms. The van der Waals surface area contributed by atoms with Crippen molar-refractivity contribution in [3.63, 3.8) is 0 Å². The van der Waals surface area contributed by atoms with E-state index in [4.69, 9.17) is 9.72 Å². The Morgan fingerprint density at radius 1 is 1.07 bits per heavy atom. The molecule has 2 aliphatic rings. The van der Waals surface area contributed by atoms with Crippen molar-refractivity contribution in [1.29, 1.82) is 0 Å². The van der Waals surface area contributed by atoms with E-state index in [0.29, 0.717) is 34.8 Å². The number of aromatic nitrogens is 3. The summed E-state index contributed by atoms with van der Waals surface area (Å²) in [5.74, 6) is 0.183. The number of ether oxygens (including phenoxy) is 1. The van der Waals surface area contributed by atoms with Gasteiger partial charge in [0.1, 0.15) is 23.0 Å². The van der Waals surface area contributed by atoms with Crippen LogP contribution in [0.5, 0.6) is 5.75 Å². The Labute approximate surface area is 255 Å². The fourth-order valence-electron chi connectivity index (χ4n) is 6.03. The molecule has 1 fully saturated rings. The molecule has 0 radical (unpaired) electrons. The number of aromatic amines is 1. The minimum absolute atomic E-state index is 0.113. The SMILES string of the molecule is CNC(=O)c1c(F)cccc1Nc1nc(Nc2cc3c(cc2OC)C(C)(C)CCN3CC(=O)N2CCCC2)nc2[nH]ccc12. The van der Waals surface area contributed by atoms with Crippen LogP contribution >= 0.6 is 0 Å². The van der Waals surface area contributed by atoms with Gasteiger partial charge in [-0.05, 0) is 60.6 Å². The Morgan fingerprint density at radius 2 is 1.86 bits per heavy atom. The Bertz CT molecular complexity index is 1730. The summed E-state index contributed by atoms with van der Waals surface area (Å²) in [5, 5.41) is 9.60. The lowest BCUT2D eigenvalue weighted by Crippen LogP contribution is -2.44. The number of fused-ring (bicyclic) bond motifs is 2. The van der Waals surface area contributed by atoms with Crippen LogP contribution in [-0.4, -0.2) is 72.0 Å². The highest BCUT2D eigenvalue weighted by Crippen LogP contribution is 2.45. The van der Waals surface area contributed by atoms with Gasteiger partial charge >= 0.3 is 0 Å². The first-order valence-corrected chi connectivity index (χ1v) is 14.8. The summed E-state index contributed by atoms with van der Waals surface area (Å²) in [6.45, 7) is 7.11. The second-order valence-corrected chi connectivity index (χ2v) is 11.8. The van der Waals surface area contributed by atoms with Gasteiger partial charge in [-0.3, -0.25) is 9.59 Å². The maximum atomic E-state index is 14.7. The number of methoxy groups -OCH3 is 1. The molecule has 2 aromatic heterocycles. The molecule has 12 heteroatoms. The van der Waals surface area contributed by atoms with Gasteiger partial charge in [0.2, 0.25) is 11.9 Å². The fraction of sp³-hybridized carbons (Fsp3) is 0.375. The number of H-pyrrole nitrogens is 1. The second-order valence-electron chi connectivity index (χ2n) is 11.8. The van der Waals surface area contributed by atoms with Crippen molar-refractivity contribution in [3.8, 4) is 5.75 Å². The molecule has 0 bridgehead atoms. The van der Waals surface area contributed by atoms with Gasteiger partial charge in [0.25, 0.3) is 5.91 Å². The van der Waals surface area contributed by atoms with E-state index >= 15 is 0 Å². The van der Waals surface area contributed by atoms with Crippen molar-refractivity contribution in [3.05, 3.63) is 59.5 Å². The Morgan fingerprint density at radius 3 is 2.61 bits per heavy atom. The first-order valence-electron chi connectivity index (χ1n) is 14.8. The Balaban J connectivity index is 1.37. The number of amides is 2. The van der Waals surface area contributed by atoms with Crippen LogP contribution in [0.1, 0.15) is 49.0 Å². The van der Waals surface area contributed by atoms with Crippen molar-refractivity contribution >= 4 is 51.7 Å². The zero-order chi connectivity index (χ0) is 31.0. The molecule has 230 valence electrons. The average Bonchev–Trinajstić information content (AvgIpc) is 3.71. The number of rotatable bonds is 8. The largest absolute Gasteiger partial charge is 0.495 e. The fourth-order valence-corrected chi connectivity index (χ4v) is 6.03. The normalized spacial score (nSPS) is 15.7. The molecule has 4 heterocycles. The molecule has 1 saturated heterocycles. The summed E-state index contributed by atoms with van der Waals surface area (Å²) >= 11 is 0. The van der Waals surface area contributed by atoms with Gasteiger partial charge in [0, 0.05) is 38.6 Å². The van der Waals surface area contributed by atoms with Gasteiger partial charge < -0.3 is 35.5 Å². The number of carbonyl (C=O) groups excluding carboxylic acids is 2. The van der Waals surface area contributed by atoms with Crippen molar-refractivity contribution in [2.75, 3.05) is 55.9 Å². The molecular weight excluding hydrogens is 563 g/mol. The smallest absolute Gasteiger partial charge is 0.256 e. The topological polar surface area (TPSA) is 128 Å². The summed E-state index contributed by atoms with van der Waals surface area (Å²) in [6, 6.07) is 10.2. The predicted octanol–water partition coefficient (Wildman–Crippen LogP) is 5.06. The van der Waals surface area contributed by atoms with Crippen LogP contribution in [0.25, 0.3) is 11.0 Å². The van der Waals surface area contributed by atoms with Crippen LogP contribution in [0.3, 0.4) is 0 Å². The maximum absolute atomic E-state index is 14.7. The Kier molecular flexibility index (Phi) is 7.74. The monoisotopic (exact) mass is 600 g/mol. The second kappa shape index (κ2) is 11.7. The van der Waals surface area contributed by atoms with Crippen LogP contribution in [0, 0.1) is 5.82 Å². The van der Waals surface area contributed by atoms with Gasteiger partial charge in [0.05, 0.1) is 36.0 Å². The minimum atomic E-state index is -0.651. The summed E-state index contributed by atoms with van der Waals surface area (Å²) in [7, 11) is 3.07. The zero-order valence-electron chi connectivity index (χ0n) is 25.4. The van der Waals surface area contributed by atoms with Crippen molar-refractivity contribution < 1.29 is 18.7 Å². The number of nitrogens with zero attached hydrogens (tertiary/aromatic N) is 4. The number of likely N-dealkylation sites (tertiary alicyclic amines) is 1. The van der Waals surface area contributed by atoms with Gasteiger partial charge in [-0.15, -0.1) is 0 Å². The number of halogens is 1. The zero-order valence-corrected chi connectivity index (χ0v) is 25.4. The number of benzene rings is 2. The minimum Gasteiger partial charge on any atom is -0.495 e. The third-order valence-corrected chi connectivity index (χ3v) is 8.56. The Hall–Kier alpha value is -4.87. The van der Waals surface area contributed by atoms with E-state index in [2.05, 4.69) is 44.7 Å². The molecule has 11 nitrogen and oxygen atoms in total. The number of hydrogen-bond acceptors (Lipinski definition) is 8. The third kappa shape index (κ3) is 5.47. The van der Waals surface area contributed by atoms with E-state index in [9.17, 15) is 14.0 Å². The lowest BCUT2D eigenvalue weighted by Gasteiger charge is -2.41. The molecule has 0 spiro atoms. The quantitative estimate of drug-likeness (QED) is 0.221. The van der Waals surface area contributed by atoms with Gasteiger partial charge in [-0.25, -0.2) is 4.39 Å². The molecule has 6 rings (SSSR count). The summed E-state index contributed by atoms with van der Waals surface area (Å²) < 4.78 is 20.5. The lowest BCUT2D eigenvalue weighted by atomic mass is 9.77. The molecule has 0 saturated carbocycles. The first-order chi connectivity index (χ1) is 21.2. The first kappa shape index (κ1) is 29.2. The van der Waals surface area contributed by atoms with Crippen LogP contribution in [0.4, 0.5) is 33.2 Å². The van der Waals surface area contributed by atoms with Gasteiger partial charge in [-0.1, -0.05) is 19.9 Å². The summed E-state index contributed by atoms with van der Waals surface area (Å²) in [5.41, 5.74) is 3.29. The molecule has 0 aliphatic carbocycles. The molecule has 2 amide bonds. The van der Waals surface area contributed by atoms with Gasteiger partial charge in [-0.2, -0.15) is 9.97 Å². The highest BCUT2D eigenvalue weighted by atomic mass is 19.1. The van der Waals surface area contributed by atoms with Crippen molar-refractivity contribution in [1.82, 2.24) is 25.2 Å². The molecule has 0 unspecified atom stereocenters. The van der Waals surface area contributed by atoms with E-state index in [-0.39, 0.29) is 28.5 Å². The van der Waals surface area contributed by atoms with Crippen LogP contribution in [0.2, 0.25) is 0 Å².